The number of nitrogens with zero attached hydrogens (tertiary/aromatic N) is 5. The quantitative estimate of drug-likeness (QED) is 0.494. The molecule has 1 atom stereocenters. The van der Waals surface area contributed by atoms with Crippen molar-refractivity contribution in [3.8, 4) is 0 Å². The number of pyridine rings is 2. The molecule has 0 bridgehead atoms. The van der Waals surface area contributed by atoms with E-state index in [9.17, 15) is 13.6 Å². The SMILES string of the molecule is CC1CCCN(c2nccc(Nc3cc4c(C(C)C)cnc(C(=O)NC5CC(F)(F)C5)c4cn3)n2)C1. The third-order valence-corrected chi connectivity index (χ3v) is 6.90. The second-order valence-corrected chi connectivity index (χ2v) is 10.3. The molecule has 10 heteroatoms. The number of hydrogen-bond donors (Lipinski definition) is 2. The Morgan fingerprint density at radius 2 is 1.94 bits per heavy atom. The van der Waals surface area contributed by atoms with E-state index in [1.807, 2.05) is 6.07 Å². The molecule has 8 nitrogen and oxygen atoms in total. The van der Waals surface area contributed by atoms with Crippen LogP contribution in [0.2, 0.25) is 0 Å². The number of piperidine rings is 1. The maximum Gasteiger partial charge on any atom is 0.270 e. The van der Waals surface area contributed by atoms with Gasteiger partial charge in [0.25, 0.3) is 11.8 Å². The van der Waals surface area contributed by atoms with Crippen LogP contribution in [-0.2, 0) is 0 Å². The minimum atomic E-state index is -2.70. The fourth-order valence-corrected chi connectivity index (χ4v) is 4.96. The number of nitrogens with one attached hydrogen (secondary N) is 2. The van der Waals surface area contributed by atoms with E-state index in [0.29, 0.717) is 28.9 Å². The number of carbonyl (C=O) groups excluding carboxylic acids is 1. The van der Waals surface area contributed by atoms with E-state index in [4.69, 9.17) is 4.98 Å². The summed E-state index contributed by atoms with van der Waals surface area (Å²) in [5.74, 6) is -0.494. The van der Waals surface area contributed by atoms with Crippen molar-refractivity contribution in [1.82, 2.24) is 25.3 Å². The van der Waals surface area contributed by atoms with E-state index >= 15 is 0 Å². The lowest BCUT2D eigenvalue weighted by Gasteiger charge is -2.35. The lowest BCUT2D eigenvalue weighted by atomic mass is 9.88. The van der Waals surface area contributed by atoms with Crippen LogP contribution in [0.15, 0.2) is 30.7 Å². The van der Waals surface area contributed by atoms with Crippen LogP contribution in [0.1, 0.15) is 68.4 Å². The van der Waals surface area contributed by atoms with Gasteiger partial charge in [-0.2, -0.15) is 4.98 Å². The number of amides is 1. The van der Waals surface area contributed by atoms with Gasteiger partial charge in [-0.3, -0.25) is 9.78 Å². The fraction of sp³-hybridized carbons (Fsp3) is 0.500. The Bertz CT molecular complexity index is 1270. The van der Waals surface area contributed by atoms with Crippen LogP contribution >= 0.6 is 0 Å². The molecule has 0 radical (unpaired) electrons. The molecule has 2 fully saturated rings. The van der Waals surface area contributed by atoms with Crippen molar-refractivity contribution in [1.29, 1.82) is 0 Å². The lowest BCUT2D eigenvalue weighted by molar-refractivity contribution is -0.0901. The van der Waals surface area contributed by atoms with Gasteiger partial charge in [0, 0.05) is 55.9 Å². The van der Waals surface area contributed by atoms with Gasteiger partial charge in [-0.25, -0.2) is 18.7 Å². The van der Waals surface area contributed by atoms with Crippen molar-refractivity contribution in [2.45, 2.75) is 64.3 Å². The zero-order valence-electron chi connectivity index (χ0n) is 20.8. The summed E-state index contributed by atoms with van der Waals surface area (Å²) in [5.41, 5.74) is 1.15. The Hall–Kier alpha value is -3.43. The van der Waals surface area contributed by atoms with Gasteiger partial charge in [0.2, 0.25) is 5.95 Å². The van der Waals surface area contributed by atoms with E-state index in [2.05, 4.69) is 51.3 Å². The summed E-state index contributed by atoms with van der Waals surface area (Å²) >= 11 is 0. The average molecular weight is 496 g/mol. The summed E-state index contributed by atoms with van der Waals surface area (Å²) in [4.78, 5) is 33.1. The van der Waals surface area contributed by atoms with Gasteiger partial charge in [0.1, 0.15) is 17.3 Å². The van der Waals surface area contributed by atoms with Gasteiger partial charge in [0.15, 0.2) is 0 Å². The van der Waals surface area contributed by atoms with Crippen molar-refractivity contribution < 1.29 is 13.6 Å². The summed E-state index contributed by atoms with van der Waals surface area (Å²) < 4.78 is 26.4. The smallest absolute Gasteiger partial charge is 0.270 e. The molecule has 0 aromatic carbocycles. The molecule has 5 rings (SSSR count). The molecule has 36 heavy (non-hydrogen) atoms. The molecule has 1 aliphatic heterocycles. The largest absolute Gasteiger partial charge is 0.347 e. The normalized spacial score (nSPS) is 19.8. The molecule has 1 unspecified atom stereocenters. The Morgan fingerprint density at radius 3 is 2.67 bits per heavy atom. The number of fused-ring (bicyclic) bond motifs is 1. The molecular weight excluding hydrogens is 464 g/mol. The van der Waals surface area contributed by atoms with Crippen LogP contribution in [0.4, 0.5) is 26.4 Å². The zero-order valence-corrected chi connectivity index (χ0v) is 20.8. The zero-order chi connectivity index (χ0) is 25.4. The standard InChI is InChI=1S/C26H31F2N7O/c1-15(2)19-12-31-23(24(36)32-17-10-26(27,28)11-17)20-13-30-22(9-18(19)20)33-21-6-7-29-25(34-21)35-8-4-5-16(3)14-35/h6-7,9,12-13,15-17H,4-5,8,10-11,14H2,1-3H3,(H,32,36)(H,29,30,33,34). The number of carbonyl (C=O) groups is 1. The number of aromatic nitrogens is 4. The summed E-state index contributed by atoms with van der Waals surface area (Å²) in [5, 5.41) is 7.36. The predicted octanol–water partition coefficient (Wildman–Crippen LogP) is 5.05. The minimum absolute atomic E-state index is 0.157. The van der Waals surface area contributed by atoms with Gasteiger partial charge in [-0.05, 0) is 47.8 Å². The highest BCUT2D eigenvalue weighted by atomic mass is 19.3. The maximum absolute atomic E-state index is 13.2. The minimum Gasteiger partial charge on any atom is -0.347 e. The van der Waals surface area contributed by atoms with E-state index in [-0.39, 0.29) is 24.5 Å². The first-order chi connectivity index (χ1) is 17.2. The average Bonchev–Trinajstić information content (AvgIpc) is 2.82. The third kappa shape index (κ3) is 5.08. The molecule has 1 saturated heterocycles. The van der Waals surface area contributed by atoms with Crippen molar-refractivity contribution >= 4 is 34.3 Å². The van der Waals surface area contributed by atoms with Gasteiger partial charge < -0.3 is 15.5 Å². The van der Waals surface area contributed by atoms with Crippen LogP contribution in [-0.4, -0.2) is 50.9 Å². The van der Waals surface area contributed by atoms with E-state index in [1.54, 1.807) is 24.7 Å². The first-order valence-corrected chi connectivity index (χ1v) is 12.5. The van der Waals surface area contributed by atoms with Crippen LogP contribution in [0.3, 0.4) is 0 Å². The summed E-state index contributed by atoms with van der Waals surface area (Å²) in [6.45, 7) is 8.22. The molecule has 4 heterocycles. The lowest BCUT2D eigenvalue weighted by Crippen LogP contribution is -2.50. The van der Waals surface area contributed by atoms with E-state index < -0.39 is 17.9 Å². The Balaban J connectivity index is 1.41. The van der Waals surface area contributed by atoms with Gasteiger partial charge in [-0.1, -0.05) is 20.8 Å². The molecule has 3 aromatic heterocycles. The topological polar surface area (TPSA) is 95.9 Å². The molecule has 1 saturated carbocycles. The Labute approximate surface area is 208 Å². The van der Waals surface area contributed by atoms with Crippen molar-refractivity contribution in [2.75, 3.05) is 23.3 Å². The van der Waals surface area contributed by atoms with Crippen LogP contribution in [0, 0.1) is 5.92 Å². The molecule has 0 spiro atoms. The maximum atomic E-state index is 13.2. The fourth-order valence-electron chi connectivity index (χ4n) is 4.96. The van der Waals surface area contributed by atoms with Crippen LogP contribution < -0.4 is 15.5 Å². The molecule has 3 aromatic rings. The molecule has 1 amide bonds. The van der Waals surface area contributed by atoms with E-state index in [1.165, 1.54) is 6.42 Å². The molecule has 190 valence electrons. The summed E-state index contributed by atoms with van der Waals surface area (Å²) in [7, 11) is 0. The van der Waals surface area contributed by atoms with Crippen molar-refractivity contribution in [3.63, 3.8) is 0 Å². The van der Waals surface area contributed by atoms with E-state index in [0.717, 1.165) is 30.5 Å². The summed E-state index contributed by atoms with van der Waals surface area (Å²) in [6, 6.07) is 3.13. The summed E-state index contributed by atoms with van der Waals surface area (Å²) in [6.07, 6.45) is 6.68. The highest BCUT2D eigenvalue weighted by molar-refractivity contribution is 6.06. The Morgan fingerprint density at radius 1 is 1.14 bits per heavy atom. The first kappa shape index (κ1) is 24.3. The Kier molecular flexibility index (Phi) is 6.44. The van der Waals surface area contributed by atoms with Gasteiger partial charge >= 0.3 is 0 Å². The van der Waals surface area contributed by atoms with Crippen LogP contribution in [0.5, 0.6) is 0 Å². The first-order valence-electron chi connectivity index (χ1n) is 12.5. The van der Waals surface area contributed by atoms with Crippen molar-refractivity contribution in [3.05, 3.63) is 42.0 Å². The molecular formula is C26H31F2N7O. The molecule has 2 N–H and O–H groups in total. The highest BCUT2D eigenvalue weighted by Gasteiger charge is 2.46. The van der Waals surface area contributed by atoms with Crippen LogP contribution in [0.25, 0.3) is 10.8 Å². The van der Waals surface area contributed by atoms with Gasteiger partial charge in [0.05, 0.1) is 0 Å². The molecule has 1 aliphatic carbocycles. The third-order valence-electron chi connectivity index (χ3n) is 6.90. The highest BCUT2D eigenvalue weighted by Crippen LogP contribution is 2.37. The number of rotatable bonds is 6. The molecule has 2 aliphatic rings. The second kappa shape index (κ2) is 9.55. The van der Waals surface area contributed by atoms with Crippen molar-refractivity contribution in [2.24, 2.45) is 5.92 Å². The number of anilines is 3. The van der Waals surface area contributed by atoms with Gasteiger partial charge in [-0.15, -0.1) is 0 Å². The second-order valence-electron chi connectivity index (χ2n) is 10.3. The monoisotopic (exact) mass is 495 g/mol. The number of halogens is 2. The predicted molar refractivity (Wildman–Crippen MR) is 135 cm³/mol. The number of hydrogen-bond acceptors (Lipinski definition) is 7. The number of alkyl halides is 2.